The van der Waals surface area contributed by atoms with Crippen molar-refractivity contribution in [3.8, 4) is 22.5 Å². The van der Waals surface area contributed by atoms with Gasteiger partial charge >= 0.3 is 0 Å². The quantitative estimate of drug-likeness (QED) is 0.0845. The molecule has 0 bridgehead atoms. The molecule has 0 aliphatic heterocycles. The maximum Gasteiger partial charge on any atom is 0.155 e. The van der Waals surface area contributed by atoms with Crippen molar-refractivity contribution < 1.29 is 4.39 Å². The van der Waals surface area contributed by atoms with Crippen LogP contribution in [0.15, 0.2) is 104 Å². The van der Waals surface area contributed by atoms with Crippen LogP contribution < -0.4 is 10.6 Å². The van der Waals surface area contributed by atoms with E-state index in [1.165, 1.54) is 6.07 Å². The molecule has 0 aliphatic rings. The third-order valence-corrected chi connectivity index (χ3v) is 8.06. The Morgan fingerprint density at radius 2 is 1.79 bits per heavy atom. The van der Waals surface area contributed by atoms with Gasteiger partial charge in [-0.05, 0) is 68.6 Å². The van der Waals surface area contributed by atoms with Crippen LogP contribution in [0.4, 0.5) is 15.8 Å². The van der Waals surface area contributed by atoms with Crippen molar-refractivity contribution in [3.05, 3.63) is 132 Å². The standard InChI is InChI=1S/C37H35FN8S/c1-5-9-31(25-14-28(38)18-29(15-25)40-12-13-46(3)4)32-19-34(42-23(32)2)35-33-17-27(21-41-36(33)45-44-35)26-16-30(22-39-20-26)43-37(47)24-10-7-6-8-11-24/h5-11,14-22,40,42H,1,12-13H2,2-4H3,(H,43,47)(H,41,44,45)/b31-9-. The number of pyridine rings is 2. The number of allylic oxidation sites excluding steroid dienone is 2. The molecule has 4 heterocycles. The number of H-pyrrole nitrogens is 2. The fourth-order valence-electron chi connectivity index (χ4n) is 5.42. The minimum atomic E-state index is -0.314. The third-order valence-electron chi connectivity index (χ3n) is 7.72. The first kappa shape index (κ1) is 31.5. The van der Waals surface area contributed by atoms with Gasteiger partial charge in [-0.3, -0.25) is 10.1 Å². The Bertz CT molecular complexity index is 2090. The number of benzene rings is 2. The molecule has 0 saturated heterocycles. The summed E-state index contributed by atoms with van der Waals surface area (Å²) in [6.07, 6.45) is 8.95. The highest BCUT2D eigenvalue weighted by molar-refractivity contribution is 7.81. The molecule has 0 unspecified atom stereocenters. The van der Waals surface area contributed by atoms with Gasteiger partial charge in [-0.25, -0.2) is 9.37 Å². The van der Waals surface area contributed by atoms with Crippen molar-refractivity contribution in [2.45, 2.75) is 6.92 Å². The number of thiocarbonyl (C=S) groups is 1. The molecule has 0 radical (unpaired) electrons. The highest BCUT2D eigenvalue weighted by atomic mass is 32.1. The van der Waals surface area contributed by atoms with E-state index in [9.17, 15) is 4.39 Å². The van der Waals surface area contributed by atoms with Gasteiger partial charge in [0, 0.05) is 64.5 Å². The molecule has 0 atom stereocenters. The first-order valence-corrected chi connectivity index (χ1v) is 15.6. The Balaban J connectivity index is 1.31. The molecule has 6 aromatic rings. The lowest BCUT2D eigenvalue weighted by molar-refractivity contribution is 0.425. The smallest absolute Gasteiger partial charge is 0.155 e. The normalized spacial score (nSPS) is 11.6. The molecule has 0 saturated carbocycles. The Morgan fingerprint density at radius 3 is 2.57 bits per heavy atom. The molecule has 2 aromatic carbocycles. The number of hydrogen-bond donors (Lipinski definition) is 4. The van der Waals surface area contributed by atoms with Crippen LogP contribution in [-0.4, -0.2) is 62.2 Å². The maximum absolute atomic E-state index is 14.8. The molecular formula is C37H35FN8S. The lowest BCUT2D eigenvalue weighted by atomic mass is 9.96. The van der Waals surface area contributed by atoms with Gasteiger partial charge in [0.05, 0.1) is 17.6 Å². The summed E-state index contributed by atoms with van der Waals surface area (Å²) in [4.78, 5) is 15.3. The predicted molar refractivity (Wildman–Crippen MR) is 194 cm³/mol. The molecule has 0 spiro atoms. The van der Waals surface area contributed by atoms with E-state index in [0.29, 0.717) is 17.2 Å². The molecule has 8 nitrogen and oxygen atoms in total. The summed E-state index contributed by atoms with van der Waals surface area (Å²) in [7, 11) is 4.01. The number of rotatable bonds is 11. The van der Waals surface area contributed by atoms with Gasteiger partial charge in [-0.15, -0.1) is 0 Å². The number of fused-ring (bicyclic) bond motifs is 1. The molecular weight excluding hydrogens is 608 g/mol. The van der Waals surface area contributed by atoms with Crippen molar-refractivity contribution in [2.75, 3.05) is 37.8 Å². The van der Waals surface area contributed by atoms with Crippen molar-refractivity contribution in [2.24, 2.45) is 0 Å². The monoisotopic (exact) mass is 642 g/mol. The second kappa shape index (κ2) is 13.9. The molecule has 6 rings (SSSR count). The Kier molecular flexibility index (Phi) is 9.32. The Hall–Kier alpha value is -5.45. The lowest BCUT2D eigenvalue weighted by Crippen LogP contribution is -2.20. The molecule has 0 aliphatic carbocycles. The van der Waals surface area contributed by atoms with Gasteiger partial charge < -0.3 is 20.5 Å². The van der Waals surface area contributed by atoms with E-state index in [1.54, 1.807) is 30.7 Å². The zero-order valence-corrected chi connectivity index (χ0v) is 27.3. The highest BCUT2D eigenvalue weighted by Gasteiger charge is 2.18. The maximum atomic E-state index is 14.8. The summed E-state index contributed by atoms with van der Waals surface area (Å²) in [6, 6.07) is 20.9. The Labute approximate surface area is 278 Å². The highest BCUT2D eigenvalue weighted by Crippen LogP contribution is 2.35. The van der Waals surface area contributed by atoms with E-state index in [-0.39, 0.29) is 5.82 Å². The van der Waals surface area contributed by atoms with E-state index in [1.807, 2.05) is 81.7 Å². The Morgan fingerprint density at radius 1 is 0.979 bits per heavy atom. The molecule has 4 aromatic heterocycles. The number of halogens is 1. The van der Waals surface area contributed by atoms with E-state index in [4.69, 9.17) is 12.2 Å². The summed E-state index contributed by atoms with van der Waals surface area (Å²) >= 11 is 5.60. The van der Waals surface area contributed by atoms with Crippen molar-refractivity contribution in [1.82, 2.24) is 30.0 Å². The van der Waals surface area contributed by atoms with Gasteiger partial charge in [-0.2, -0.15) is 5.10 Å². The SMILES string of the molecule is C=C/C=C(/c1cc(F)cc(NCCN(C)C)c1)c1cc(-c2n[nH]c3ncc(-c4cncc(NC(=S)c5ccccc5)c4)cc23)[nH]c1C. The number of likely N-dealkylation sites (N-methyl/N-ethyl adjacent to an activating group) is 1. The van der Waals surface area contributed by atoms with E-state index in [0.717, 1.165) is 73.8 Å². The van der Waals surface area contributed by atoms with Crippen molar-refractivity contribution >= 4 is 45.2 Å². The van der Waals surface area contributed by atoms with Crippen LogP contribution in [0.25, 0.3) is 39.1 Å². The van der Waals surface area contributed by atoms with Crippen LogP contribution in [0.2, 0.25) is 0 Å². The number of aryl methyl sites for hydroxylation is 1. The molecule has 47 heavy (non-hydrogen) atoms. The van der Waals surface area contributed by atoms with Gasteiger partial charge in [0.25, 0.3) is 0 Å². The average Bonchev–Trinajstić information content (AvgIpc) is 3.66. The minimum Gasteiger partial charge on any atom is -0.384 e. The first-order valence-electron chi connectivity index (χ1n) is 15.2. The van der Waals surface area contributed by atoms with Crippen LogP contribution in [0.3, 0.4) is 0 Å². The van der Waals surface area contributed by atoms with E-state index < -0.39 is 0 Å². The number of nitrogens with zero attached hydrogens (tertiary/aromatic N) is 4. The third kappa shape index (κ3) is 7.19. The number of nitrogens with one attached hydrogen (secondary N) is 4. The summed E-state index contributed by atoms with van der Waals surface area (Å²) < 4.78 is 14.8. The lowest BCUT2D eigenvalue weighted by Gasteiger charge is -2.14. The number of aromatic nitrogens is 5. The van der Waals surface area contributed by atoms with E-state index >= 15 is 0 Å². The average molecular weight is 643 g/mol. The summed E-state index contributed by atoms with van der Waals surface area (Å²) in [5.74, 6) is -0.314. The number of anilines is 2. The van der Waals surface area contributed by atoms with Gasteiger partial charge in [0.1, 0.15) is 16.5 Å². The van der Waals surface area contributed by atoms with Crippen LogP contribution in [0.1, 0.15) is 22.4 Å². The second-order valence-corrected chi connectivity index (χ2v) is 11.9. The summed E-state index contributed by atoms with van der Waals surface area (Å²) in [5.41, 5.74) is 9.80. The molecule has 10 heteroatoms. The van der Waals surface area contributed by atoms with E-state index in [2.05, 4.69) is 47.3 Å². The van der Waals surface area contributed by atoms with Gasteiger partial charge in [0.2, 0.25) is 0 Å². The topological polar surface area (TPSA) is 97.6 Å². The second-order valence-electron chi connectivity index (χ2n) is 11.5. The minimum absolute atomic E-state index is 0.314. The molecule has 0 amide bonds. The van der Waals surface area contributed by atoms with Crippen molar-refractivity contribution in [1.29, 1.82) is 0 Å². The summed E-state index contributed by atoms with van der Waals surface area (Å²) in [5, 5.41) is 15.1. The predicted octanol–water partition coefficient (Wildman–Crippen LogP) is 7.84. The summed E-state index contributed by atoms with van der Waals surface area (Å²) in [6.45, 7) is 7.45. The van der Waals surface area contributed by atoms with Gasteiger partial charge in [0.15, 0.2) is 5.65 Å². The fourth-order valence-corrected chi connectivity index (χ4v) is 5.68. The molecule has 236 valence electrons. The fraction of sp³-hybridized carbons (Fsp3) is 0.135. The zero-order valence-electron chi connectivity index (χ0n) is 26.4. The largest absolute Gasteiger partial charge is 0.384 e. The van der Waals surface area contributed by atoms with Crippen LogP contribution in [0, 0.1) is 12.7 Å². The van der Waals surface area contributed by atoms with Gasteiger partial charge in [-0.1, -0.05) is 61.3 Å². The number of aromatic amines is 2. The first-order chi connectivity index (χ1) is 22.8. The zero-order chi connectivity index (χ0) is 32.9. The van der Waals surface area contributed by atoms with Crippen LogP contribution >= 0.6 is 12.2 Å². The molecule has 4 N–H and O–H groups in total. The van der Waals surface area contributed by atoms with Crippen LogP contribution in [-0.2, 0) is 0 Å². The molecule has 0 fully saturated rings. The van der Waals surface area contributed by atoms with Crippen molar-refractivity contribution in [3.63, 3.8) is 0 Å². The van der Waals surface area contributed by atoms with Crippen LogP contribution in [0.5, 0.6) is 0 Å². The number of hydrogen-bond acceptors (Lipinski definition) is 6.